The van der Waals surface area contributed by atoms with E-state index in [0.717, 1.165) is 9.87 Å². The fourth-order valence-corrected chi connectivity index (χ4v) is 6.51. The number of amides is 2. The Labute approximate surface area is 268 Å². The lowest BCUT2D eigenvalue weighted by atomic mass is 10.1. The van der Waals surface area contributed by atoms with E-state index in [1.54, 1.807) is 37.3 Å². The largest absolute Gasteiger partial charge is 0.495 e. The number of rotatable bonds is 11. The quantitative estimate of drug-likeness (QED) is 0.240. The molecule has 3 aromatic rings. The predicted octanol–water partition coefficient (Wildman–Crippen LogP) is 6.88. The van der Waals surface area contributed by atoms with Gasteiger partial charge < -0.3 is 15.0 Å². The molecule has 8 nitrogen and oxygen atoms in total. The van der Waals surface area contributed by atoms with Gasteiger partial charge in [0.15, 0.2) is 0 Å². The first kappa shape index (κ1) is 34.5. The number of benzene rings is 3. The van der Waals surface area contributed by atoms with Crippen LogP contribution in [0.3, 0.4) is 0 Å². The van der Waals surface area contributed by atoms with Crippen LogP contribution in [0.25, 0.3) is 0 Å². The highest BCUT2D eigenvalue weighted by molar-refractivity contribution is 7.92. The molecule has 0 aliphatic rings. The number of ether oxygens (including phenoxy) is 1. The molecule has 0 unspecified atom stereocenters. The van der Waals surface area contributed by atoms with Crippen molar-refractivity contribution >= 4 is 62.3 Å². The molecule has 0 spiro atoms. The highest BCUT2D eigenvalue weighted by Gasteiger charge is 2.35. The van der Waals surface area contributed by atoms with Gasteiger partial charge >= 0.3 is 0 Å². The summed E-state index contributed by atoms with van der Waals surface area (Å²) in [6.07, 6.45) is 0.262. The second-order valence-electron chi connectivity index (χ2n) is 11.1. The molecule has 3 rings (SSSR count). The second-order valence-corrected chi connectivity index (χ2v) is 14.2. The molecule has 0 aliphatic heterocycles. The van der Waals surface area contributed by atoms with Crippen LogP contribution in [0.5, 0.6) is 5.75 Å². The number of aryl methyl sites for hydroxylation is 1. The third-order valence-corrected chi connectivity index (χ3v) is 9.22. The van der Waals surface area contributed by atoms with Crippen molar-refractivity contribution in [3.8, 4) is 5.75 Å². The first-order chi connectivity index (χ1) is 20.1. The van der Waals surface area contributed by atoms with E-state index in [2.05, 4.69) is 5.32 Å². The molecule has 1 N–H and O–H groups in total. The van der Waals surface area contributed by atoms with Crippen molar-refractivity contribution in [3.63, 3.8) is 0 Å². The first-order valence-electron chi connectivity index (χ1n) is 13.6. The maximum absolute atomic E-state index is 14.2. The van der Waals surface area contributed by atoms with E-state index in [-0.39, 0.29) is 34.5 Å². The van der Waals surface area contributed by atoms with E-state index in [4.69, 9.17) is 39.5 Å². The Morgan fingerprint density at radius 2 is 1.60 bits per heavy atom. The van der Waals surface area contributed by atoms with E-state index >= 15 is 0 Å². The van der Waals surface area contributed by atoms with Gasteiger partial charge in [-0.2, -0.15) is 0 Å². The number of carbonyl (C=O) groups is 2. The van der Waals surface area contributed by atoms with Gasteiger partial charge in [0.25, 0.3) is 10.0 Å². The smallest absolute Gasteiger partial charge is 0.264 e. The highest BCUT2D eigenvalue weighted by Crippen LogP contribution is 2.32. The minimum Gasteiger partial charge on any atom is -0.495 e. The molecule has 0 saturated heterocycles. The number of anilines is 1. The Morgan fingerprint density at radius 1 is 0.953 bits per heavy atom. The van der Waals surface area contributed by atoms with Crippen LogP contribution in [0.1, 0.15) is 45.2 Å². The summed E-state index contributed by atoms with van der Waals surface area (Å²) in [5.41, 5.74) is 0.992. The molecule has 1 atom stereocenters. The molecule has 0 saturated carbocycles. The minimum atomic E-state index is -4.26. The summed E-state index contributed by atoms with van der Waals surface area (Å²) < 4.78 is 34.3. The maximum atomic E-state index is 14.2. The van der Waals surface area contributed by atoms with Crippen LogP contribution in [0.15, 0.2) is 65.6 Å². The molecule has 0 fully saturated rings. The molecule has 2 amide bonds. The number of hydrogen-bond donors (Lipinski definition) is 1. The van der Waals surface area contributed by atoms with Gasteiger partial charge in [-0.25, -0.2) is 8.42 Å². The Kier molecular flexibility index (Phi) is 11.4. The van der Waals surface area contributed by atoms with Crippen LogP contribution in [0, 0.1) is 6.92 Å². The van der Waals surface area contributed by atoms with Crippen molar-refractivity contribution in [2.24, 2.45) is 0 Å². The minimum absolute atomic E-state index is 0.0114. The highest BCUT2D eigenvalue weighted by atomic mass is 35.5. The average molecular weight is 669 g/mol. The van der Waals surface area contributed by atoms with E-state index in [1.807, 2.05) is 27.7 Å². The van der Waals surface area contributed by atoms with Gasteiger partial charge in [-0.3, -0.25) is 13.9 Å². The molecule has 0 bridgehead atoms. The molecule has 12 heteroatoms. The summed E-state index contributed by atoms with van der Waals surface area (Å²) >= 11 is 18.9. The van der Waals surface area contributed by atoms with Crippen LogP contribution >= 0.6 is 34.8 Å². The lowest BCUT2D eigenvalue weighted by Gasteiger charge is -2.35. The second kappa shape index (κ2) is 14.2. The molecular formula is C31H36Cl3N3O5S. The fourth-order valence-electron chi connectivity index (χ4n) is 4.38. The van der Waals surface area contributed by atoms with Crippen molar-refractivity contribution in [1.29, 1.82) is 0 Å². The number of carbonyl (C=O) groups excluding carboxylic acids is 2. The van der Waals surface area contributed by atoms with Gasteiger partial charge in [-0.15, -0.1) is 0 Å². The van der Waals surface area contributed by atoms with Crippen LogP contribution in [-0.2, 0) is 26.2 Å². The summed E-state index contributed by atoms with van der Waals surface area (Å²) in [6, 6.07) is 14.7. The van der Waals surface area contributed by atoms with Gasteiger partial charge in [0.2, 0.25) is 11.8 Å². The van der Waals surface area contributed by atoms with Crippen molar-refractivity contribution in [1.82, 2.24) is 10.2 Å². The van der Waals surface area contributed by atoms with Crippen LogP contribution in [0.2, 0.25) is 15.1 Å². The van der Waals surface area contributed by atoms with Gasteiger partial charge in [0.1, 0.15) is 18.3 Å². The lowest BCUT2D eigenvalue weighted by Crippen LogP contribution is -2.55. The van der Waals surface area contributed by atoms with Gasteiger partial charge in [-0.05, 0) is 82.1 Å². The molecule has 232 valence electrons. The molecule has 43 heavy (non-hydrogen) atoms. The number of halogens is 3. The summed E-state index contributed by atoms with van der Waals surface area (Å²) in [5.74, 6) is -0.660. The van der Waals surface area contributed by atoms with E-state index < -0.39 is 34.1 Å². The zero-order valence-electron chi connectivity index (χ0n) is 24.9. The Morgan fingerprint density at radius 3 is 2.14 bits per heavy atom. The average Bonchev–Trinajstić information content (AvgIpc) is 2.91. The van der Waals surface area contributed by atoms with Crippen LogP contribution < -0.4 is 14.4 Å². The van der Waals surface area contributed by atoms with E-state index in [1.165, 1.54) is 42.3 Å². The molecule has 0 radical (unpaired) electrons. The standard InChI is InChI=1S/C31H36Cl3N3O5S/c1-7-27(30(39)35-31(3,4)5)36(18-21-10-11-22(32)16-25(21)33)29(38)19-37(23-12-15-28(42-6)26(34)17-23)43(40,41)24-13-8-20(2)9-14-24/h8-17,27H,7,18-19H2,1-6H3,(H,35,39)/t27-/m1/s1. The molecule has 0 heterocycles. The fraction of sp³-hybridized carbons (Fsp3) is 0.355. The van der Waals surface area contributed by atoms with Crippen molar-refractivity contribution in [2.75, 3.05) is 18.0 Å². The number of nitrogens with one attached hydrogen (secondary N) is 1. The molecule has 0 aromatic heterocycles. The number of nitrogens with zero attached hydrogens (tertiary/aromatic N) is 2. The SMILES string of the molecule is CC[C@H](C(=O)NC(C)(C)C)N(Cc1ccc(Cl)cc1Cl)C(=O)CN(c1ccc(OC)c(Cl)c1)S(=O)(=O)c1ccc(C)cc1. The van der Waals surface area contributed by atoms with Crippen LogP contribution in [-0.4, -0.2) is 50.4 Å². The Balaban J connectivity index is 2.13. The first-order valence-corrected chi connectivity index (χ1v) is 16.1. The summed E-state index contributed by atoms with van der Waals surface area (Å²) in [7, 11) is -2.82. The van der Waals surface area contributed by atoms with Crippen molar-refractivity contribution in [2.45, 2.75) is 64.1 Å². The third kappa shape index (κ3) is 8.79. The predicted molar refractivity (Wildman–Crippen MR) is 173 cm³/mol. The maximum Gasteiger partial charge on any atom is 0.264 e. The lowest BCUT2D eigenvalue weighted by molar-refractivity contribution is -0.141. The topological polar surface area (TPSA) is 96.0 Å². The normalized spacial score (nSPS) is 12.4. The number of hydrogen-bond acceptors (Lipinski definition) is 5. The van der Waals surface area contributed by atoms with Crippen molar-refractivity contribution < 1.29 is 22.7 Å². The third-order valence-electron chi connectivity index (χ3n) is 6.55. The van der Waals surface area contributed by atoms with Gasteiger partial charge in [0, 0.05) is 22.1 Å². The van der Waals surface area contributed by atoms with E-state index in [0.29, 0.717) is 21.4 Å². The number of methoxy groups -OCH3 is 1. The van der Waals surface area contributed by atoms with Gasteiger partial charge in [-0.1, -0.05) is 65.5 Å². The monoisotopic (exact) mass is 667 g/mol. The zero-order valence-corrected chi connectivity index (χ0v) is 28.0. The molecule has 0 aliphatic carbocycles. The summed E-state index contributed by atoms with van der Waals surface area (Å²) in [5, 5.41) is 3.82. The van der Waals surface area contributed by atoms with E-state index in [9.17, 15) is 18.0 Å². The molecule has 3 aromatic carbocycles. The molecular weight excluding hydrogens is 633 g/mol. The number of sulfonamides is 1. The van der Waals surface area contributed by atoms with Crippen molar-refractivity contribution in [3.05, 3.63) is 86.9 Å². The Hall–Kier alpha value is -2.98. The Bertz CT molecular complexity index is 1570. The summed E-state index contributed by atoms with van der Waals surface area (Å²) in [4.78, 5) is 29.0. The summed E-state index contributed by atoms with van der Waals surface area (Å²) in [6.45, 7) is 8.44. The van der Waals surface area contributed by atoms with Crippen LogP contribution in [0.4, 0.5) is 5.69 Å². The van der Waals surface area contributed by atoms with Gasteiger partial charge in [0.05, 0.1) is 22.7 Å². The zero-order chi connectivity index (χ0) is 32.1.